The molecule has 0 atom stereocenters. The van der Waals surface area contributed by atoms with Crippen LogP contribution in [-0.4, -0.2) is 35.6 Å². The molecule has 2 aliphatic carbocycles. The molecule has 43 heavy (non-hydrogen) atoms. The maximum atomic E-state index is 14.2. The van der Waals surface area contributed by atoms with E-state index in [4.69, 9.17) is 14.1 Å². The van der Waals surface area contributed by atoms with E-state index in [9.17, 15) is 14.7 Å². The van der Waals surface area contributed by atoms with Gasteiger partial charge in [-0.3, -0.25) is 9.59 Å². The van der Waals surface area contributed by atoms with E-state index in [-0.39, 0.29) is 30.1 Å². The van der Waals surface area contributed by atoms with Gasteiger partial charge in [0.25, 0.3) is 0 Å². The van der Waals surface area contributed by atoms with Gasteiger partial charge in [-0.05, 0) is 105 Å². The van der Waals surface area contributed by atoms with Crippen LogP contribution in [0.3, 0.4) is 0 Å². The Morgan fingerprint density at radius 2 is 1.72 bits per heavy atom. The van der Waals surface area contributed by atoms with Crippen molar-refractivity contribution in [3.05, 3.63) is 65.7 Å². The summed E-state index contributed by atoms with van der Waals surface area (Å²) in [7, 11) is 1.71. The predicted molar refractivity (Wildman–Crippen MR) is 169 cm³/mol. The second-order valence-electron chi connectivity index (χ2n) is 13.0. The Morgan fingerprint density at radius 1 is 1.00 bits per heavy atom. The number of oxazole rings is 1. The van der Waals surface area contributed by atoms with Crippen molar-refractivity contribution < 1.29 is 23.8 Å². The fraction of sp³-hybridized carbons (Fsp3) is 0.528. The number of benzene rings is 2. The van der Waals surface area contributed by atoms with E-state index in [2.05, 4.69) is 45.0 Å². The molecule has 5 rings (SSSR count). The summed E-state index contributed by atoms with van der Waals surface area (Å²) in [6.45, 7) is 6.91. The number of amides is 1. The number of aliphatic carboxylic acids is 1. The highest BCUT2D eigenvalue weighted by Gasteiger charge is 2.33. The highest BCUT2D eigenvalue weighted by Crippen LogP contribution is 2.39. The summed E-state index contributed by atoms with van der Waals surface area (Å²) in [4.78, 5) is 32.2. The quantitative estimate of drug-likeness (QED) is 0.257. The van der Waals surface area contributed by atoms with E-state index in [0.717, 1.165) is 74.1 Å². The number of carbonyl (C=O) groups excluding carboxylic acids is 1. The molecule has 0 radical (unpaired) electrons. The Balaban J connectivity index is 1.33. The van der Waals surface area contributed by atoms with E-state index in [1.54, 1.807) is 13.4 Å². The summed E-state index contributed by atoms with van der Waals surface area (Å²) < 4.78 is 11.2. The Morgan fingerprint density at radius 3 is 2.35 bits per heavy atom. The molecule has 3 aromatic rings. The third-order valence-electron chi connectivity index (χ3n) is 9.57. The van der Waals surface area contributed by atoms with E-state index in [1.807, 2.05) is 23.1 Å². The standard InChI is InChI=1S/C36H46N2O5/c1-23(2)35-37-32(22-43-35)30-6-5-7-31(20-30)38(36(41)28-14-8-25(9-15-28)19-34(39)40)21-26-10-12-27(13-11-26)29-16-17-33(42-4)24(3)18-29/h5-7,16-18,20,22-23,25-28H,8-15,19,21H2,1-4H3,(H,39,40). The lowest BCUT2D eigenvalue weighted by Crippen LogP contribution is -2.41. The molecule has 7 heteroatoms. The van der Waals surface area contributed by atoms with Crippen LogP contribution in [0.1, 0.15) is 100 Å². The normalized spacial score (nSPS) is 22.3. The fourth-order valence-electron chi connectivity index (χ4n) is 7.01. The van der Waals surface area contributed by atoms with E-state index < -0.39 is 5.97 Å². The number of aromatic nitrogens is 1. The van der Waals surface area contributed by atoms with Gasteiger partial charge >= 0.3 is 5.97 Å². The number of ether oxygens (including phenoxy) is 1. The van der Waals surface area contributed by atoms with E-state index in [1.165, 1.54) is 11.1 Å². The zero-order chi connectivity index (χ0) is 30.5. The average Bonchev–Trinajstić information content (AvgIpc) is 3.51. The van der Waals surface area contributed by atoms with Crippen LogP contribution in [0, 0.1) is 24.7 Å². The SMILES string of the molecule is COc1ccc(C2CCC(CN(C(=O)C3CCC(CC(=O)O)CC3)c3cccc(-c4coc(C(C)C)n4)c3)CC2)cc1C. The van der Waals surface area contributed by atoms with Crippen LogP contribution in [0.4, 0.5) is 5.69 Å². The number of rotatable bonds is 10. The van der Waals surface area contributed by atoms with Gasteiger partial charge in [-0.1, -0.05) is 38.1 Å². The predicted octanol–water partition coefficient (Wildman–Crippen LogP) is 8.37. The van der Waals surface area contributed by atoms with Crippen molar-refractivity contribution in [1.29, 1.82) is 0 Å². The highest BCUT2D eigenvalue weighted by atomic mass is 16.5. The van der Waals surface area contributed by atoms with Crippen LogP contribution in [0.5, 0.6) is 5.75 Å². The maximum absolute atomic E-state index is 14.2. The molecule has 0 aliphatic heterocycles. The fourth-order valence-corrected chi connectivity index (χ4v) is 7.01. The Labute approximate surface area is 255 Å². The first-order valence-corrected chi connectivity index (χ1v) is 15.9. The van der Waals surface area contributed by atoms with Crippen molar-refractivity contribution in [2.24, 2.45) is 17.8 Å². The van der Waals surface area contributed by atoms with Crippen LogP contribution < -0.4 is 9.64 Å². The van der Waals surface area contributed by atoms with Crippen molar-refractivity contribution in [2.75, 3.05) is 18.6 Å². The minimum atomic E-state index is -0.748. The number of carbonyl (C=O) groups is 2. The van der Waals surface area contributed by atoms with Crippen molar-refractivity contribution in [2.45, 2.75) is 90.4 Å². The van der Waals surface area contributed by atoms with Crippen LogP contribution in [0.15, 0.2) is 53.1 Å². The number of hydrogen-bond acceptors (Lipinski definition) is 5. The number of hydrogen-bond donors (Lipinski definition) is 1. The second-order valence-corrected chi connectivity index (χ2v) is 13.0. The lowest BCUT2D eigenvalue weighted by molar-refractivity contribution is -0.138. The first-order chi connectivity index (χ1) is 20.7. The van der Waals surface area contributed by atoms with Crippen LogP contribution >= 0.6 is 0 Å². The van der Waals surface area contributed by atoms with Crippen LogP contribution in [0.2, 0.25) is 0 Å². The second kappa shape index (κ2) is 13.8. The average molecular weight is 587 g/mol. The number of anilines is 1. The molecule has 0 bridgehead atoms. The first-order valence-electron chi connectivity index (χ1n) is 15.9. The molecule has 7 nitrogen and oxygen atoms in total. The summed E-state index contributed by atoms with van der Waals surface area (Å²) in [6.07, 6.45) is 9.34. The molecule has 2 aliphatic rings. The highest BCUT2D eigenvalue weighted by molar-refractivity contribution is 5.95. The molecule has 2 aromatic carbocycles. The number of nitrogens with zero attached hydrogens (tertiary/aromatic N) is 2. The van der Waals surface area contributed by atoms with E-state index >= 15 is 0 Å². The van der Waals surface area contributed by atoms with Crippen LogP contribution in [0.25, 0.3) is 11.3 Å². The summed E-state index contributed by atoms with van der Waals surface area (Å²) >= 11 is 0. The molecule has 1 heterocycles. The first kappa shape index (κ1) is 30.8. The van der Waals surface area contributed by atoms with Gasteiger partial charge in [0.1, 0.15) is 17.7 Å². The van der Waals surface area contributed by atoms with Crippen LogP contribution in [-0.2, 0) is 9.59 Å². The number of carboxylic acid groups (broad SMARTS) is 1. The number of aryl methyl sites for hydroxylation is 1. The van der Waals surface area contributed by atoms with Crippen molar-refractivity contribution >= 4 is 17.6 Å². The van der Waals surface area contributed by atoms with Gasteiger partial charge in [-0.25, -0.2) is 4.98 Å². The molecule has 1 N–H and O–H groups in total. The molecule has 0 unspecified atom stereocenters. The minimum absolute atomic E-state index is 0.0769. The van der Waals surface area contributed by atoms with Gasteiger partial charge in [-0.15, -0.1) is 0 Å². The molecule has 1 aromatic heterocycles. The van der Waals surface area contributed by atoms with Gasteiger partial charge in [0.05, 0.1) is 7.11 Å². The molecular formula is C36H46N2O5. The van der Waals surface area contributed by atoms with Gasteiger partial charge in [0.2, 0.25) is 5.91 Å². The number of methoxy groups -OCH3 is 1. The lowest BCUT2D eigenvalue weighted by Gasteiger charge is -2.36. The molecule has 0 spiro atoms. The third-order valence-corrected chi connectivity index (χ3v) is 9.57. The van der Waals surface area contributed by atoms with Gasteiger partial charge < -0.3 is 19.2 Å². The monoisotopic (exact) mass is 586 g/mol. The van der Waals surface area contributed by atoms with Crippen molar-refractivity contribution in [3.63, 3.8) is 0 Å². The zero-order valence-corrected chi connectivity index (χ0v) is 26.1. The molecule has 230 valence electrons. The summed E-state index contributed by atoms with van der Waals surface area (Å²) in [5.74, 6) is 2.29. The maximum Gasteiger partial charge on any atom is 0.303 e. The lowest BCUT2D eigenvalue weighted by atomic mass is 9.77. The largest absolute Gasteiger partial charge is 0.496 e. The van der Waals surface area contributed by atoms with Gasteiger partial charge in [0.15, 0.2) is 5.89 Å². The van der Waals surface area contributed by atoms with Crippen molar-refractivity contribution in [1.82, 2.24) is 4.98 Å². The topological polar surface area (TPSA) is 92.9 Å². The van der Waals surface area contributed by atoms with E-state index in [0.29, 0.717) is 24.3 Å². The molecule has 2 saturated carbocycles. The molecule has 1 amide bonds. The van der Waals surface area contributed by atoms with Crippen molar-refractivity contribution in [3.8, 4) is 17.0 Å². The molecule has 2 fully saturated rings. The Hall–Kier alpha value is -3.61. The third kappa shape index (κ3) is 7.49. The van der Waals surface area contributed by atoms with Gasteiger partial charge in [0, 0.05) is 36.1 Å². The number of carboxylic acids is 1. The minimum Gasteiger partial charge on any atom is -0.496 e. The van der Waals surface area contributed by atoms with Gasteiger partial charge in [-0.2, -0.15) is 0 Å². The Kier molecular flexibility index (Phi) is 9.89. The zero-order valence-electron chi connectivity index (χ0n) is 26.1. The summed E-state index contributed by atoms with van der Waals surface area (Å²) in [5.41, 5.74) is 5.17. The summed E-state index contributed by atoms with van der Waals surface area (Å²) in [6, 6.07) is 14.7. The molecule has 0 saturated heterocycles. The molecular weight excluding hydrogens is 540 g/mol. The summed E-state index contributed by atoms with van der Waals surface area (Å²) in [5, 5.41) is 9.25. The smallest absolute Gasteiger partial charge is 0.303 e. The Bertz CT molecular complexity index is 1400.